The number of aromatic hydroxyl groups is 1. The van der Waals surface area contributed by atoms with Gasteiger partial charge in [0.1, 0.15) is 23.3 Å². The van der Waals surface area contributed by atoms with Crippen molar-refractivity contribution >= 4 is 23.0 Å². The SMILES string of the molecule is Cc1ccccc1Oc1ccc(N2C(=S)N[C@H](c3ccccn3)[C@@H]2c2cccn2-c2ccc(O)cc2)cc1. The molecule has 38 heavy (non-hydrogen) atoms. The van der Waals surface area contributed by atoms with Crippen molar-refractivity contribution in [3.8, 4) is 22.9 Å². The van der Waals surface area contributed by atoms with Crippen LogP contribution in [-0.2, 0) is 0 Å². The lowest BCUT2D eigenvalue weighted by Crippen LogP contribution is -2.30. The van der Waals surface area contributed by atoms with E-state index in [1.807, 2.05) is 98.0 Å². The molecule has 2 N–H and O–H groups in total. The Morgan fingerprint density at radius 3 is 2.32 bits per heavy atom. The van der Waals surface area contributed by atoms with Gasteiger partial charge in [0.2, 0.25) is 0 Å². The van der Waals surface area contributed by atoms with Crippen LogP contribution in [0.15, 0.2) is 116 Å². The number of phenolic OH excluding ortho intramolecular Hbond substituents is 1. The van der Waals surface area contributed by atoms with E-state index < -0.39 is 0 Å². The first-order chi connectivity index (χ1) is 18.6. The Morgan fingerprint density at radius 1 is 0.842 bits per heavy atom. The lowest BCUT2D eigenvalue weighted by molar-refractivity contribution is 0.475. The zero-order chi connectivity index (χ0) is 26.1. The van der Waals surface area contributed by atoms with Crippen LogP contribution in [0.3, 0.4) is 0 Å². The van der Waals surface area contributed by atoms with Gasteiger partial charge in [-0.15, -0.1) is 0 Å². The minimum Gasteiger partial charge on any atom is -0.508 e. The van der Waals surface area contributed by atoms with Gasteiger partial charge in [-0.3, -0.25) is 4.98 Å². The summed E-state index contributed by atoms with van der Waals surface area (Å²) >= 11 is 5.90. The number of nitrogens with zero attached hydrogens (tertiary/aromatic N) is 3. The highest BCUT2D eigenvalue weighted by molar-refractivity contribution is 7.80. The second-order valence-corrected chi connectivity index (χ2v) is 9.56. The highest BCUT2D eigenvalue weighted by Gasteiger charge is 2.42. The summed E-state index contributed by atoms with van der Waals surface area (Å²) in [6.45, 7) is 2.03. The first-order valence-electron chi connectivity index (χ1n) is 12.4. The fourth-order valence-electron chi connectivity index (χ4n) is 4.89. The Hall–Kier alpha value is -4.62. The Balaban J connectivity index is 1.40. The van der Waals surface area contributed by atoms with Crippen LogP contribution in [0.4, 0.5) is 5.69 Å². The Labute approximate surface area is 226 Å². The van der Waals surface area contributed by atoms with Crippen LogP contribution in [-0.4, -0.2) is 19.8 Å². The molecule has 188 valence electrons. The zero-order valence-electron chi connectivity index (χ0n) is 20.7. The van der Waals surface area contributed by atoms with E-state index >= 15 is 0 Å². The molecule has 0 bridgehead atoms. The molecule has 0 amide bonds. The van der Waals surface area contributed by atoms with Crippen LogP contribution < -0.4 is 15.0 Å². The fraction of sp³-hybridized carbons (Fsp3) is 0.0968. The number of hydrogen-bond acceptors (Lipinski definition) is 4. The van der Waals surface area contributed by atoms with Crippen molar-refractivity contribution in [1.82, 2.24) is 14.9 Å². The topological polar surface area (TPSA) is 62.5 Å². The number of pyridine rings is 1. The first kappa shape index (κ1) is 23.8. The van der Waals surface area contributed by atoms with Crippen molar-refractivity contribution in [2.75, 3.05) is 4.90 Å². The third kappa shape index (κ3) is 4.48. The number of aryl methyl sites for hydroxylation is 1. The molecule has 0 radical (unpaired) electrons. The number of ether oxygens (including phenoxy) is 1. The predicted molar refractivity (Wildman–Crippen MR) is 153 cm³/mol. The number of para-hydroxylation sites is 1. The maximum atomic E-state index is 9.82. The molecular weight excluding hydrogens is 492 g/mol. The van der Waals surface area contributed by atoms with E-state index in [9.17, 15) is 5.11 Å². The van der Waals surface area contributed by atoms with Gasteiger partial charge in [-0.1, -0.05) is 24.3 Å². The average Bonchev–Trinajstić information content (AvgIpc) is 3.56. The molecule has 2 atom stereocenters. The number of rotatable bonds is 6. The number of aromatic nitrogens is 2. The summed E-state index contributed by atoms with van der Waals surface area (Å²) in [7, 11) is 0. The summed E-state index contributed by atoms with van der Waals surface area (Å²) < 4.78 is 8.25. The molecule has 0 aliphatic carbocycles. The van der Waals surface area contributed by atoms with Crippen molar-refractivity contribution in [2.24, 2.45) is 0 Å². The van der Waals surface area contributed by atoms with Gasteiger partial charge < -0.3 is 24.6 Å². The normalized spacial score (nSPS) is 16.9. The zero-order valence-corrected chi connectivity index (χ0v) is 21.5. The summed E-state index contributed by atoms with van der Waals surface area (Å²) in [5, 5.41) is 14.0. The largest absolute Gasteiger partial charge is 0.508 e. The van der Waals surface area contributed by atoms with Crippen LogP contribution in [0, 0.1) is 6.92 Å². The molecule has 1 aliphatic heterocycles. The molecule has 6 nitrogen and oxygen atoms in total. The smallest absolute Gasteiger partial charge is 0.174 e. The summed E-state index contributed by atoms with van der Waals surface area (Å²) in [5.41, 5.74) is 4.91. The van der Waals surface area contributed by atoms with Gasteiger partial charge >= 0.3 is 0 Å². The van der Waals surface area contributed by atoms with Gasteiger partial charge in [-0.05, 0) is 104 Å². The summed E-state index contributed by atoms with van der Waals surface area (Å²) in [5.74, 6) is 1.82. The third-order valence-electron chi connectivity index (χ3n) is 6.75. The minimum absolute atomic E-state index is 0.169. The monoisotopic (exact) mass is 518 g/mol. The van der Waals surface area contributed by atoms with Crippen LogP contribution in [0.25, 0.3) is 5.69 Å². The molecular formula is C31H26N4O2S. The summed E-state index contributed by atoms with van der Waals surface area (Å²) in [4.78, 5) is 6.79. The van der Waals surface area contributed by atoms with Crippen LogP contribution in [0.1, 0.15) is 29.0 Å². The molecule has 3 heterocycles. The second-order valence-electron chi connectivity index (χ2n) is 9.18. The van der Waals surface area contributed by atoms with E-state index in [0.717, 1.165) is 39.8 Å². The molecule has 0 unspecified atom stereocenters. The van der Waals surface area contributed by atoms with Gasteiger partial charge in [-0.25, -0.2) is 0 Å². The third-order valence-corrected chi connectivity index (χ3v) is 7.06. The van der Waals surface area contributed by atoms with Crippen LogP contribution >= 0.6 is 12.2 Å². The molecule has 5 aromatic rings. The molecule has 1 aliphatic rings. The molecule has 6 rings (SSSR count). The lowest BCUT2D eigenvalue weighted by atomic mass is 10.0. The molecule has 2 aromatic heterocycles. The Morgan fingerprint density at radius 2 is 1.58 bits per heavy atom. The van der Waals surface area contributed by atoms with Gasteiger partial charge in [0, 0.05) is 29.5 Å². The lowest BCUT2D eigenvalue weighted by Gasteiger charge is -2.29. The van der Waals surface area contributed by atoms with Crippen molar-refractivity contribution in [2.45, 2.75) is 19.0 Å². The quantitative estimate of drug-likeness (QED) is 0.240. The summed E-state index contributed by atoms with van der Waals surface area (Å²) in [6.07, 6.45) is 3.83. The molecule has 1 saturated heterocycles. The Kier molecular flexibility index (Phi) is 6.27. The summed E-state index contributed by atoms with van der Waals surface area (Å²) in [6, 6.07) is 32.8. The van der Waals surface area contributed by atoms with E-state index in [1.165, 1.54) is 0 Å². The van der Waals surface area contributed by atoms with Gasteiger partial charge in [0.05, 0.1) is 11.7 Å². The van der Waals surface area contributed by atoms with Gasteiger partial charge in [0.15, 0.2) is 5.11 Å². The van der Waals surface area contributed by atoms with Crippen LogP contribution in [0.5, 0.6) is 17.2 Å². The van der Waals surface area contributed by atoms with E-state index in [2.05, 4.69) is 25.8 Å². The van der Waals surface area contributed by atoms with E-state index in [1.54, 1.807) is 18.3 Å². The standard InChI is InChI=1S/C31H26N4O2S/c1-21-7-2-3-10-28(21)37-25-17-13-23(14-18-25)35-30(29(33-31(35)38)26-8-4-5-19-32-26)27-9-6-20-34(27)22-11-15-24(36)16-12-22/h2-20,29-30,36H,1H3,(H,33,38)/t29-,30+/m1/s1. The number of thiocarbonyl (C=S) groups is 1. The van der Waals surface area contributed by atoms with Crippen molar-refractivity contribution < 1.29 is 9.84 Å². The number of phenols is 1. The number of benzene rings is 3. The maximum Gasteiger partial charge on any atom is 0.174 e. The van der Waals surface area contributed by atoms with Crippen molar-refractivity contribution in [3.63, 3.8) is 0 Å². The van der Waals surface area contributed by atoms with Crippen molar-refractivity contribution in [3.05, 3.63) is 132 Å². The molecule has 3 aromatic carbocycles. The molecule has 0 spiro atoms. The molecule has 7 heteroatoms. The highest BCUT2D eigenvalue weighted by atomic mass is 32.1. The van der Waals surface area contributed by atoms with E-state index in [4.69, 9.17) is 17.0 Å². The highest BCUT2D eigenvalue weighted by Crippen LogP contribution is 2.42. The fourth-order valence-corrected chi connectivity index (χ4v) is 5.24. The van der Waals surface area contributed by atoms with Gasteiger partial charge in [0.25, 0.3) is 0 Å². The average molecular weight is 519 g/mol. The van der Waals surface area contributed by atoms with Crippen LogP contribution in [0.2, 0.25) is 0 Å². The van der Waals surface area contributed by atoms with Gasteiger partial charge in [-0.2, -0.15) is 0 Å². The second kappa shape index (κ2) is 10.0. The minimum atomic E-state index is -0.177. The predicted octanol–water partition coefficient (Wildman–Crippen LogP) is 6.86. The molecule has 1 fully saturated rings. The van der Waals surface area contributed by atoms with E-state index in [-0.39, 0.29) is 17.8 Å². The number of anilines is 1. The number of nitrogens with one attached hydrogen (secondary N) is 1. The maximum absolute atomic E-state index is 9.82. The first-order valence-corrected chi connectivity index (χ1v) is 12.8. The van der Waals surface area contributed by atoms with Crippen molar-refractivity contribution in [1.29, 1.82) is 0 Å². The Bertz CT molecular complexity index is 1570. The van der Waals surface area contributed by atoms with E-state index in [0.29, 0.717) is 5.11 Å². The molecule has 0 saturated carbocycles. The number of hydrogen-bond donors (Lipinski definition) is 2.